The Morgan fingerprint density at radius 2 is 1.84 bits per heavy atom. The van der Waals surface area contributed by atoms with Crippen LogP contribution in [0, 0.1) is 5.92 Å². The van der Waals surface area contributed by atoms with Crippen LogP contribution in [-0.4, -0.2) is 19.1 Å². The summed E-state index contributed by atoms with van der Waals surface area (Å²) < 4.78 is 5.10. The van der Waals surface area contributed by atoms with E-state index in [1.807, 2.05) is 31.2 Å². The van der Waals surface area contributed by atoms with Crippen molar-refractivity contribution in [3.63, 3.8) is 0 Å². The van der Waals surface area contributed by atoms with E-state index >= 15 is 0 Å². The van der Waals surface area contributed by atoms with Gasteiger partial charge in [0.1, 0.15) is 5.75 Å². The molecule has 0 heterocycles. The zero-order valence-corrected chi connectivity index (χ0v) is 12.1. The van der Waals surface area contributed by atoms with Crippen molar-refractivity contribution in [1.82, 2.24) is 5.32 Å². The first kappa shape index (κ1) is 15.5. The minimum atomic E-state index is -0.444. The van der Waals surface area contributed by atoms with Crippen molar-refractivity contribution in [3.8, 4) is 5.75 Å². The van der Waals surface area contributed by atoms with Gasteiger partial charge in [-0.05, 0) is 37.0 Å². The predicted octanol–water partition coefficient (Wildman–Crippen LogP) is 2.25. The van der Waals surface area contributed by atoms with Gasteiger partial charge in [-0.15, -0.1) is 0 Å². The Hall–Kier alpha value is -1.55. The van der Waals surface area contributed by atoms with Crippen LogP contribution in [0.2, 0.25) is 0 Å². The zero-order valence-electron chi connectivity index (χ0n) is 12.1. The maximum Gasteiger partial charge on any atom is 0.237 e. The van der Waals surface area contributed by atoms with E-state index < -0.39 is 6.04 Å². The first-order valence-electron chi connectivity index (χ1n) is 6.64. The number of rotatable bonds is 6. The number of carbonyl (C=O) groups is 1. The average molecular weight is 264 g/mol. The highest BCUT2D eigenvalue weighted by atomic mass is 16.5. The number of hydrogen-bond donors (Lipinski definition) is 2. The molecule has 106 valence electrons. The van der Waals surface area contributed by atoms with E-state index in [0.29, 0.717) is 12.3 Å². The molecule has 1 aromatic rings. The van der Waals surface area contributed by atoms with Gasteiger partial charge in [0.25, 0.3) is 0 Å². The molecule has 0 aromatic heterocycles. The fourth-order valence-corrected chi connectivity index (χ4v) is 1.91. The highest BCUT2D eigenvalue weighted by Gasteiger charge is 2.17. The molecule has 1 amide bonds. The van der Waals surface area contributed by atoms with Crippen molar-refractivity contribution in [3.05, 3.63) is 29.8 Å². The van der Waals surface area contributed by atoms with Crippen molar-refractivity contribution in [1.29, 1.82) is 0 Å². The van der Waals surface area contributed by atoms with Gasteiger partial charge >= 0.3 is 0 Å². The molecule has 1 rings (SSSR count). The van der Waals surface area contributed by atoms with Gasteiger partial charge in [0.15, 0.2) is 0 Å². The van der Waals surface area contributed by atoms with E-state index in [-0.39, 0.29) is 11.9 Å². The third-order valence-corrected chi connectivity index (χ3v) is 3.04. The highest BCUT2D eigenvalue weighted by molar-refractivity contribution is 5.81. The van der Waals surface area contributed by atoms with Gasteiger partial charge in [-0.1, -0.05) is 26.0 Å². The van der Waals surface area contributed by atoms with Crippen molar-refractivity contribution in [2.45, 2.75) is 39.3 Å². The monoisotopic (exact) mass is 264 g/mol. The largest absolute Gasteiger partial charge is 0.497 e. The quantitative estimate of drug-likeness (QED) is 0.828. The minimum absolute atomic E-state index is 0.0587. The number of amides is 1. The fourth-order valence-electron chi connectivity index (χ4n) is 1.91. The number of hydrogen-bond acceptors (Lipinski definition) is 3. The van der Waals surface area contributed by atoms with Crippen LogP contribution in [0.4, 0.5) is 0 Å². The first-order valence-corrected chi connectivity index (χ1v) is 6.64. The topological polar surface area (TPSA) is 64.3 Å². The molecule has 4 nitrogen and oxygen atoms in total. The normalized spacial score (nSPS) is 14.0. The van der Waals surface area contributed by atoms with E-state index in [4.69, 9.17) is 10.5 Å². The van der Waals surface area contributed by atoms with E-state index in [1.165, 1.54) is 0 Å². The Kier molecular flexibility index (Phi) is 5.83. The second-order valence-corrected chi connectivity index (χ2v) is 5.24. The van der Waals surface area contributed by atoms with Gasteiger partial charge in [-0.2, -0.15) is 0 Å². The number of nitrogens with one attached hydrogen (secondary N) is 1. The molecule has 0 radical (unpaired) electrons. The molecule has 1 aromatic carbocycles. The van der Waals surface area contributed by atoms with Crippen LogP contribution in [0.15, 0.2) is 24.3 Å². The molecular weight excluding hydrogens is 240 g/mol. The lowest BCUT2D eigenvalue weighted by Crippen LogP contribution is -2.42. The fraction of sp³-hybridized carbons (Fsp3) is 0.533. The van der Waals surface area contributed by atoms with Crippen molar-refractivity contribution in [2.24, 2.45) is 11.7 Å². The molecule has 0 fully saturated rings. The Morgan fingerprint density at radius 3 is 2.32 bits per heavy atom. The molecular formula is C15H24N2O2. The summed E-state index contributed by atoms with van der Waals surface area (Å²) in [6.07, 6.45) is 0.696. The number of ether oxygens (including phenoxy) is 1. The van der Waals surface area contributed by atoms with Crippen LogP contribution in [0.3, 0.4) is 0 Å². The SMILES string of the molecule is COc1ccc(C(C)NC(=O)[C@@H](N)CC(C)C)cc1. The molecule has 0 aliphatic carbocycles. The molecule has 1 unspecified atom stereocenters. The van der Waals surface area contributed by atoms with Crippen LogP contribution in [0.5, 0.6) is 5.75 Å². The molecule has 0 bridgehead atoms. The summed E-state index contributed by atoms with van der Waals surface area (Å²) in [6, 6.07) is 7.14. The number of methoxy groups -OCH3 is 1. The minimum Gasteiger partial charge on any atom is -0.497 e. The lowest BCUT2D eigenvalue weighted by Gasteiger charge is -2.19. The van der Waals surface area contributed by atoms with Crippen molar-refractivity contribution >= 4 is 5.91 Å². The average Bonchev–Trinajstić information content (AvgIpc) is 2.37. The highest BCUT2D eigenvalue weighted by Crippen LogP contribution is 2.17. The van der Waals surface area contributed by atoms with Gasteiger partial charge < -0.3 is 15.8 Å². The van der Waals surface area contributed by atoms with Gasteiger partial charge in [-0.25, -0.2) is 0 Å². The molecule has 0 saturated carbocycles. The lowest BCUT2D eigenvalue weighted by molar-refractivity contribution is -0.123. The summed E-state index contributed by atoms with van der Waals surface area (Å²) in [6.45, 7) is 6.06. The third kappa shape index (κ3) is 4.91. The summed E-state index contributed by atoms with van der Waals surface area (Å²) >= 11 is 0. The standard InChI is InChI=1S/C15H24N2O2/c1-10(2)9-14(16)15(18)17-11(3)12-5-7-13(19-4)8-6-12/h5-8,10-11,14H,9,16H2,1-4H3,(H,17,18)/t11?,14-/m0/s1. The van der Waals surface area contributed by atoms with Crippen molar-refractivity contribution < 1.29 is 9.53 Å². The van der Waals surface area contributed by atoms with Gasteiger partial charge in [0.2, 0.25) is 5.91 Å². The Bertz CT molecular complexity index is 401. The van der Waals surface area contributed by atoms with E-state index in [2.05, 4.69) is 19.2 Å². The molecule has 3 N–H and O–H groups in total. The Labute approximate surface area is 115 Å². The molecule has 19 heavy (non-hydrogen) atoms. The Morgan fingerprint density at radius 1 is 1.26 bits per heavy atom. The second-order valence-electron chi connectivity index (χ2n) is 5.24. The molecule has 4 heteroatoms. The van der Waals surface area contributed by atoms with E-state index in [1.54, 1.807) is 7.11 Å². The number of carbonyl (C=O) groups excluding carboxylic acids is 1. The van der Waals surface area contributed by atoms with Gasteiger partial charge in [0, 0.05) is 0 Å². The smallest absolute Gasteiger partial charge is 0.237 e. The molecule has 0 aliphatic heterocycles. The summed E-state index contributed by atoms with van der Waals surface area (Å²) in [4.78, 5) is 11.9. The zero-order chi connectivity index (χ0) is 14.4. The van der Waals surface area contributed by atoms with Crippen LogP contribution >= 0.6 is 0 Å². The van der Waals surface area contributed by atoms with Crippen LogP contribution in [0.25, 0.3) is 0 Å². The third-order valence-electron chi connectivity index (χ3n) is 3.04. The summed E-state index contributed by atoms with van der Waals surface area (Å²) in [5, 5.41) is 2.93. The second kappa shape index (κ2) is 7.14. The van der Waals surface area contributed by atoms with Crippen molar-refractivity contribution in [2.75, 3.05) is 7.11 Å². The van der Waals surface area contributed by atoms with E-state index in [0.717, 1.165) is 11.3 Å². The maximum atomic E-state index is 11.9. The number of benzene rings is 1. The molecule has 0 spiro atoms. The lowest BCUT2D eigenvalue weighted by atomic mass is 10.0. The van der Waals surface area contributed by atoms with Gasteiger partial charge in [-0.3, -0.25) is 4.79 Å². The van der Waals surface area contributed by atoms with E-state index in [9.17, 15) is 4.79 Å². The van der Waals surface area contributed by atoms with Crippen LogP contribution < -0.4 is 15.8 Å². The summed E-state index contributed by atoms with van der Waals surface area (Å²) in [5.41, 5.74) is 6.89. The van der Waals surface area contributed by atoms with Gasteiger partial charge in [0.05, 0.1) is 19.2 Å². The van der Waals surface area contributed by atoms with Crippen LogP contribution in [-0.2, 0) is 4.79 Å². The molecule has 0 saturated heterocycles. The Balaban J connectivity index is 2.57. The predicted molar refractivity (Wildman–Crippen MR) is 77.0 cm³/mol. The van der Waals surface area contributed by atoms with Crippen LogP contribution in [0.1, 0.15) is 38.8 Å². The molecule has 2 atom stereocenters. The number of nitrogens with two attached hydrogens (primary N) is 1. The first-order chi connectivity index (χ1) is 8.93. The maximum absolute atomic E-state index is 11.9. The summed E-state index contributed by atoms with van der Waals surface area (Å²) in [7, 11) is 1.63. The molecule has 0 aliphatic rings. The summed E-state index contributed by atoms with van der Waals surface area (Å²) in [5.74, 6) is 1.12.